The van der Waals surface area contributed by atoms with Crippen LogP contribution in [0.5, 0.6) is 0 Å². The summed E-state index contributed by atoms with van der Waals surface area (Å²) in [4.78, 5) is 4.03. The number of nitrogens with zero attached hydrogens (tertiary/aromatic N) is 4. The zero-order valence-electron chi connectivity index (χ0n) is 8.99. The van der Waals surface area contributed by atoms with Gasteiger partial charge in [0.05, 0.1) is 13.1 Å². The highest BCUT2D eigenvalue weighted by Gasteiger charge is 2.26. The van der Waals surface area contributed by atoms with Crippen LogP contribution in [0.4, 0.5) is 13.2 Å². The van der Waals surface area contributed by atoms with Gasteiger partial charge in [0.15, 0.2) is 11.5 Å². The van der Waals surface area contributed by atoms with Crippen molar-refractivity contribution in [3.05, 3.63) is 23.9 Å². The molecule has 2 rings (SSSR count). The first kappa shape index (κ1) is 11.8. The number of hydrogen-bond donors (Lipinski definition) is 1. The van der Waals surface area contributed by atoms with E-state index in [0.29, 0.717) is 11.5 Å². The first-order chi connectivity index (χ1) is 7.96. The first-order valence-electron chi connectivity index (χ1n) is 4.89. The van der Waals surface area contributed by atoms with Gasteiger partial charge in [-0.2, -0.15) is 13.2 Å². The van der Waals surface area contributed by atoms with Crippen molar-refractivity contribution in [2.75, 3.05) is 6.54 Å². The van der Waals surface area contributed by atoms with Gasteiger partial charge in [0.2, 0.25) is 0 Å². The standard InChI is InChI=1S/C9H10F3N5/c1-6-2-7-15-16-8(17(7)5-14-6)3-13-4-9(10,11)12/h2,5,13H,3-4H2,1H3. The lowest BCUT2D eigenvalue weighted by atomic mass is 10.4. The van der Waals surface area contributed by atoms with Crippen molar-refractivity contribution in [2.45, 2.75) is 19.6 Å². The van der Waals surface area contributed by atoms with Crippen LogP contribution in [0.15, 0.2) is 12.4 Å². The van der Waals surface area contributed by atoms with Gasteiger partial charge in [-0.3, -0.25) is 4.40 Å². The van der Waals surface area contributed by atoms with E-state index in [2.05, 4.69) is 20.5 Å². The number of nitrogens with one attached hydrogen (secondary N) is 1. The lowest BCUT2D eigenvalue weighted by Crippen LogP contribution is -2.28. The minimum atomic E-state index is -4.23. The molecule has 2 aromatic rings. The van der Waals surface area contributed by atoms with E-state index in [1.165, 1.54) is 6.33 Å². The maximum Gasteiger partial charge on any atom is 0.401 e. The molecular weight excluding hydrogens is 235 g/mol. The molecule has 0 radical (unpaired) electrons. The van der Waals surface area contributed by atoms with Gasteiger partial charge in [0, 0.05) is 11.8 Å². The molecule has 0 atom stereocenters. The highest BCUT2D eigenvalue weighted by molar-refractivity contribution is 5.37. The number of hydrogen-bond acceptors (Lipinski definition) is 4. The molecule has 0 aromatic carbocycles. The lowest BCUT2D eigenvalue weighted by Gasteiger charge is -2.06. The van der Waals surface area contributed by atoms with E-state index >= 15 is 0 Å². The maximum absolute atomic E-state index is 11.9. The van der Waals surface area contributed by atoms with Gasteiger partial charge in [-0.05, 0) is 6.92 Å². The third-order valence-electron chi connectivity index (χ3n) is 2.12. The fourth-order valence-corrected chi connectivity index (χ4v) is 1.37. The summed E-state index contributed by atoms with van der Waals surface area (Å²) in [7, 11) is 0. The molecule has 5 nitrogen and oxygen atoms in total. The van der Waals surface area contributed by atoms with Gasteiger partial charge < -0.3 is 5.32 Å². The Bertz CT molecular complexity index is 519. The van der Waals surface area contributed by atoms with Crippen LogP contribution in [0.1, 0.15) is 11.5 Å². The highest BCUT2D eigenvalue weighted by atomic mass is 19.4. The zero-order valence-corrected chi connectivity index (χ0v) is 8.99. The number of halogens is 3. The van der Waals surface area contributed by atoms with Crippen LogP contribution in [0.25, 0.3) is 5.65 Å². The molecule has 0 unspecified atom stereocenters. The molecule has 0 bridgehead atoms. The van der Waals surface area contributed by atoms with E-state index in [1.54, 1.807) is 17.4 Å². The third-order valence-corrected chi connectivity index (χ3v) is 2.12. The molecule has 2 aromatic heterocycles. The molecule has 92 valence electrons. The van der Waals surface area contributed by atoms with E-state index < -0.39 is 12.7 Å². The van der Waals surface area contributed by atoms with Gasteiger partial charge in [-0.1, -0.05) is 0 Å². The molecule has 0 aliphatic heterocycles. The normalized spacial score (nSPS) is 12.2. The molecule has 0 aliphatic rings. The van der Waals surface area contributed by atoms with Crippen LogP contribution in [0, 0.1) is 6.92 Å². The molecule has 0 aliphatic carbocycles. The van der Waals surface area contributed by atoms with Crippen molar-refractivity contribution in [1.29, 1.82) is 0 Å². The Hall–Kier alpha value is -1.70. The predicted octanol–water partition coefficient (Wildman–Crippen LogP) is 1.08. The van der Waals surface area contributed by atoms with Crippen LogP contribution >= 0.6 is 0 Å². The van der Waals surface area contributed by atoms with Gasteiger partial charge in [0.1, 0.15) is 6.33 Å². The van der Waals surface area contributed by atoms with E-state index in [4.69, 9.17) is 0 Å². The summed E-state index contributed by atoms with van der Waals surface area (Å²) >= 11 is 0. The Morgan fingerprint density at radius 2 is 2.12 bits per heavy atom. The number of alkyl halides is 3. The second-order valence-corrected chi connectivity index (χ2v) is 3.59. The summed E-state index contributed by atoms with van der Waals surface area (Å²) in [6.07, 6.45) is -2.73. The second kappa shape index (κ2) is 4.28. The first-order valence-corrected chi connectivity index (χ1v) is 4.89. The Kier molecular flexibility index (Phi) is 2.97. The van der Waals surface area contributed by atoms with Crippen LogP contribution in [0.2, 0.25) is 0 Å². The molecule has 1 N–H and O–H groups in total. The van der Waals surface area contributed by atoms with Gasteiger partial charge in [-0.15, -0.1) is 10.2 Å². The van der Waals surface area contributed by atoms with Crippen molar-refractivity contribution in [1.82, 2.24) is 24.9 Å². The van der Waals surface area contributed by atoms with E-state index in [-0.39, 0.29) is 6.54 Å². The van der Waals surface area contributed by atoms with Crippen molar-refractivity contribution in [3.8, 4) is 0 Å². The lowest BCUT2D eigenvalue weighted by molar-refractivity contribution is -0.125. The summed E-state index contributed by atoms with van der Waals surface area (Å²) in [5.74, 6) is 0.400. The quantitative estimate of drug-likeness (QED) is 0.879. The van der Waals surface area contributed by atoms with Gasteiger partial charge in [-0.25, -0.2) is 4.98 Å². The van der Waals surface area contributed by atoms with E-state index in [0.717, 1.165) is 5.69 Å². The zero-order chi connectivity index (χ0) is 12.5. The molecule has 0 fully saturated rings. The second-order valence-electron chi connectivity index (χ2n) is 3.59. The Morgan fingerprint density at radius 1 is 1.35 bits per heavy atom. The van der Waals surface area contributed by atoms with Crippen LogP contribution in [-0.2, 0) is 6.54 Å². The molecular formula is C9H10F3N5. The molecule has 2 heterocycles. The Balaban J connectivity index is 2.09. The minimum absolute atomic E-state index is 0.00851. The fourth-order valence-electron chi connectivity index (χ4n) is 1.37. The SMILES string of the molecule is Cc1cc2nnc(CNCC(F)(F)F)n2cn1. The fraction of sp³-hybridized carbons (Fsp3) is 0.444. The Labute approximate surface area is 94.7 Å². The maximum atomic E-state index is 11.9. The van der Waals surface area contributed by atoms with Crippen molar-refractivity contribution >= 4 is 5.65 Å². The van der Waals surface area contributed by atoms with Gasteiger partial charge in [0.25, 0.3) is 0 Å². The third kappa shape index (κ3) is 2.90. The Morgan fingerprint density at radius 3 is 2.82 bits per heavy atom. The molecule has 0 spiro atoms. The van der Waals surface area contributed by atoms with Crippen molar-refractivity contribution in [2.24, 2.45) is 0 Å². The smallest absolute Gasteiger partial charge is 0.302 e. The largest absolute Gasteiger partial charge is 0.401 e. The average molecular weight is 245 g/mol. The van der Waals surface area contributed by atoms with Crippen LogP contribution < -0.4 is 5.32 Å². The van der Waals surface area contributed by atoms with Gasteiger partial charge >= 0.3 is 6.18 Å². The van der Waals surface area contributed by atoms with Crippen LogP contribution in [-0.4, -0.2) is 32.3 Å². The minimum Gasteiger partial charge on any atom is -0.302 e. The molecule has 17 heavy (non-hydrogen) atoms. The summed E-state index contributed by atoms with van der Waals surface area (Å²) in [6, 6.07) is 1.71. The molecule has 0 amide bonds. The monoisotopic (exact) mass is 245 g/mol. The molecule has 8 heteroatoms. The number of rotatable bonds is 3. The number of fused-ring (bicyclic) bond motifs is 1. The predicted molar refractivity (Wildman–Crippen MR) is 53.3 cm³/mol. The number of aromatic nitrogens is 4. The number of aryl methyl sites for hydroxylation is 1. The summed E-state index contributed by atoms with van der Waals surface area (Å²) in [5, 5.41) is 9.90. The average Bonchev–Trinajstić information content (AvgIpc) is 2.59. The highest BCUT2D eigenvalue weighted by Crippen LogP contribution is 2.12. The topological polar surface area (TPSA) is 55.1 Å². The summed E-state index contributed by atoms with van der Waals surface area (Å²) < 4.78 is 37.4. The van der Waals surface area contributed by atoms with Crippen LogP contribution in [0.3, 0.4) is 0 Å². The summed E-state index contributed by atoms with van der Waals surface area (Å²) in [6.45, 7) is 0.739. The summed E-state index contributed by atoms with van der Waals surface area (Å²) in [5.41, 5.74) is 1.35. The van der Waals surface area contributed by atoms with E-state index in [1.807, 2.05) is 0 Å². The van der Waals surface area contributed by atoms with Crippen molar-refractivity contribution in [3.63, 3.8) is 0 Å². The van der Waals surface area contributed by atoms with Crippen molar-refractivity contribution < 1.29 is 13.2 Å². The molecule has 0 saturated heterocycles. The molecule has 0 saturated carbocycles. The van der Waals surface area contributed by atoms with E-state index in [9.17, 15) is 13.2 Å².